The number of fused-ring (bicyclic) bond motifs is 13. The van der Waals surface area contributed by atoms with Crippen LogP contribution in [0.15, 0.2) is 88.4 Å². The van der Waals surface area contributed by atoms with Crippen LogP contribution in [0.4, 0.5) is 5.69 Å². The van der Waals surface area contributed by atoms with Gasteiger partial charge in [0.1, 0.15) is 35.2 Å². The monoisotopic (exact) mass is 1020 g/mol. The van der Waals surface area contributed by atoms with E-state index in [9.17, 15) is 29.7 Å². The zero-order valence-corrected chi connectivity index (χ0v) is 44.7. The molecular formula is C57H77N7O10. The number of aromatic hydroxyl groups is 2. The van der Waals surface area contributed by atoms with Crippen molar-refractivity contribution in [3.8, 4) is 17.2 Å². The van der Waals surface area contributed by atoms with E-state index in [1.54, 1.807) is 32.1 Å². The van der Waals surface area contributed by atoms with Crippen LogP contribution < -0.4 is 32.3 Å². The van der Waals surface area contributed by atoms with Crippen LogP contribution >= 0.6 is 0 Å². The molecule has 8 rings (SSSR count). The Labute approximate surface area is 434 Å². The normalized spacial score (nSPS) is 28.1. The number of nitrogens with one attached hydrogen (secondary N) is 1. The number of nitrogens with two attached hydrogens (primary N) is 2. The number of esters is 1. The van der Waals surface area contributed by atoms with Gasteiger partial charge in [-0.2, -0.15) is 0 Å². The van der Waals surface area contributed by atoms with Crippen molar-refractivity contribution in [3.63, 3.8) is 0 Å². The van der Waals surface area contributed by atoms with E-state index in [0.717, 1.165) is 19.4 Å². The Hall–Kier alpha value is -6.27. The number of methoxy groups -OCH3 is 1. The fraction of sp³-hybridized carbons (Fsp3) is 0.526. The standard InChI is InChI=1S/C57H77N7O10/c1-32(2)29-63-25-23-57(24-26-63)61-46-43-44-50(67)38(8)53-45(43)54(69)56(9,74-53)72-27-22-41(71-10)36(6)52(73-42(65)31-64(59)30-40(58)21-15-20-39-18-12-11-13-19-39)37(7)49(66)35(5)28-33(3)16-14-17-34(4)55(70)60-48(51(44)68)47(46)62-57/h11-14,16-19,22,27,30,32-33,35-37,41,49,52,66-68H,15,20-21,23-26,28-29,31,58-59H2,1-10H3,(H,60,70)/b16-14+,27-22+,34-17-,40-30-/t33?,35-,36-,37-,41+,49?,52?,56+/m1/s1. The van der Waals surface area contributed by atoms with Crippen LogP contribution in [0.5, 0.6) is 17.2 Å². The average molecular weight is 1020 g/mol. The van der Waals surface area contributed by atoms with Gasteiger partial charge >= 0.3 is 11.8 Å². The van der Waals surface area contributed by atoms with Crippen molar-refractivity contribution in [1.82, 2.24) is 9.91 Å². The molecule has 400 valence electrons. The first kappa shape index (κ1) is 55.5. The first-order valence-electron chi connectivity index (χ1n) is 26.0. The fourth-order valence-corrected chi connectivity index (χ4v) is 10.9. The molecule has 8 atom stereocenters. The molecule has 1 spiro atoms. The number of aliphatic hydroxyl groups excluding tert-OH is 1. The molecule has 3 aromatic carbocycles. The quantitative estimate of drug-likeness (QED) is 0.0504. The van der Waals surface area contributed by atoms with Crippen LogP contribution in [0.1, 0.15) is 109 Å². The number of hydrazine groups is 1. The number of benzene rings is 3. The molecule has 8 N–H and O–H groups in total. The number of rotatable bonds is 11. The van der Waals surface area contributed by atoms with Crippen LogP contribution in [-0.2, 0) is 30.2 Å². The van der Waals surface area contributed by atoms with E-state index in [1.165, 1.54) is 37.1 Å². The number of hydrogen-bond donors (Lipinski definition) is 6. The molecule has 3 aromatic rings. The van der Waals surface area contributed by atoms with Gasteiger partial charge in [0.05, 0.1) is 34.8 Å². The smallest absolute Gasteiger partial charge is 0.327 e. The van der Waals surface area contributed by atoms with Crippen molar-refractivity contribution in [3.05, 3.63) is 106 Å². The number of phenols is 2. The van der Waals surface area contributed by atoms with Gasteiger partial charge in [-0.1, -0.05) is 90.1 Å². The maximum atomic E-state index is 15.0. The Kier molecular flexibility index (Phi) is 17.3. The molecule has 17 nitrogen and oxygen atoms in total. The van der Waals surface area contributed by atoms with Crippen LogP contribution in [0.2, 0.25) is 0 Å². The Morgan fingerprint density at radius 2 is 1.70 bits per heavy atom. The highest BCUT2D eigenvalue weighted by Gasteiger charge is 2.50. The number of aliphatic hydroxyl groups is 1. The number of likely N-dealkylation sites (tertiary alicyclic amines) is 1. The number of ether oxygens (including phenoxy) is 4. The molecule has 0 radical (unpaired) electrons. The zero-order chi connectivity index (χ0) is 53.8. The second kappa shape index (κ2) is 23.1. The summed E-state index contributed by atoms with van der Waals surface area (Å²) in [7, 11) is 1.49. The number of carbonyl (C=O) groups is 3. The molecular weight excluding hydrogens is 943 g/mol. The Balaban J connectivity index is 1.24. The average Bonchev–Trinajstić information content (AvgIpc) is 3.85. The number of nitrogens with zero attached hydrogens (tertiary/aromatic N) is 4. The number of allylic oxidation sites excluding steroid dienone is 4. The summed E-state index contributed by atoms with van der Waals surface area (Å²) in [5, 5.41) is 40.7. The third kappa shape index (κ3) is 12.0. The van der Waals surface area contributed by atoms with Crippen molar-refractivity contribution in [2.75, 3.05) is 38.6 Å². The van der Waals surface area contributed by atoms with E-state index in [2.05, 4.69) is 36.2 Å². The van der Waals surface area contributed by atoms with Crippen LogP contribution in [-0.4, -0.2) is 106 Å². The van der Waals surface area contributed by atoms with Gasteiger partial charge < -0.3 is 55.2 Å². The van der Waals surface area contributed by atoms with Crippen molar-refractivity contribution in [2.24, 2.45) is 51.2 Å². The van der Waals surface area contributed by atoms with E-state index in [4.69, 9.17) is 40.5 Å². The molecule has 5 bridgehead atoms. The first-order valence-corrected chi connectivity index (χ1v) is 26.0. The minimum atomic E-state index is -1.98. The van der Waals surface area contributed by atoms with Gasteiger partial charge in [-0.25, -0.2) is 5.84 Å². The van der Waals surface area contributed by atoms with Gasteiger partial charge in [0, 0.05) is 86.8 Å². The third-order valence-electron chi connectivity index (χ3n) is 15.0. The van der Waals surface area contributed by atoms with E-state index < -0.39 is 65.0 Å². The number of phenolic OH excluding ortho intramolecular Hbond substituents is 2. The summed E-state index contributed by atoms with van der Waals surface area (Å²) in [6.07, 6.45) is 10.9. The van der Waals surface area contributed by atoms with E-state index in [-0.39, 0.29) is 68.2 Å². The highest BCUT2D eigenvalue weighted by Crippen LogP contribution is 2.50. The number of ketones is 1. The van der Waals surface area contributed by atoms with Gasteiger partial charge in [0.2, 0.25) is 0 Å². The lowest BCUT2D eigenvalue weighted by Crippen LogP contribution is -2.46. The Bertz CT molecular complexity index is 2840. The van der Waals surface area contributed by atoms with Crippen molar-refractivity contribution in [2.45, 2.75) is 131 Å². The SMILES string of the molecule is CO[C@H]1/C=C/O[C@@]2(C)Oc3c(C)c(O)c4c(O)c(c5c(c4c3C2=O)=NC2(CCN(CC(C)C)CC2)N=5)NC(=O)/C(C)=C\C=C\C(C)C[C@@H](C)C(O)[C@@H](C)C(OC(=O)CN(N)/C=C(\N)CCCc2ccccc2)[C@@H]1C. The summed E-state index contributed by atoms with van der Waals surface area (Å²) in [6.45, 7) is 18.6. The topological polar surface area (TPSA) is 244 Å². The summed E-state index contributed by atoms with van der Waals surface area (Å²) < 4.78 is 24.8. The molecule has 0 aromatic heterocycles. The molecule has 1 fully saturated rings. The minimum absolute atomic E-state index is 0.0297. The fourth-order valence-electron chi connectivity index (χ4n) is 10.9. The van der Waals surface area contributed by atoms with E-state index in [0.29, 0.717) is 56.0 Å². The number of carbonyl (C=O) groups excluding carboxylic acids is 3. The second-order valence-electron chi connectivity index (χ2n) is 21.5. The molecule has 5 heterocycles. The van der Waals surface area contributed by atoms with Crippen molar-refractivity contribution in [1.29, 1.82) is 0 Å². The van der Waals surface area contributed by atoms with Crippen LogP contribution in [0, 0.1) is 36.5 Å². The van der Waals surface area contributed by atoms with Crippen LogP contribution in [0.3, 0.4) is 0 Å². The molecule has 1 amide bonds. The molecule has 0 aliphatic carbocycles. The summed E-state index contributed by atoms with van der Waals surface area (Å²) in [6, 6.07) is 10.1. The molecule has 1 saturated heterocycles. The molecule has 0 saturated carbocycles. The number of piperidine rings is 1. The predicted molar refractivity (Wildman–Crippen MR) is 283 cm³/mol. The van der Waals surface area contributed by atoms with Gasteiger partial charge in [-0.05, 0) is 68.9 Å². The molecule has 5 aliphatic heterocycles. The second-order valence-corrected chi connectivity index (χ2v) is 21.5. The van der Waals surface area contributed by atoms with Crippen molar-refractivity contribution >= 4 is 34.1 Å². The highest BCUT2D eigenvalue weighted by atomic mass is 16.7. The lowest BCUT2D eigenvalue weighted by Gasteiger charge is -2.37. The number of hydrogen-bond acceptors (Lipinski definition) is 16. The lowest BCUT2D eigenvalue weighted by molar-refractivity contribution is -0.162. The Morgan fingerprint density at radius 3 is 2.38 bits per heavy atom. The van der Waals surface area contributed by atoms with Gasteiger partial charge in [0.25, 0.3) is 11.7 Å². The molecule has 74 heavy (non-hydrogen) atoms. The predicted octanol–water partition coefficient (Wildman–Crippen LogP) is 6.76. The number of amides is 1. The number of aryl methyl sites for hydroxylation is 1. The number of anilines is 1. The summed E-state index contributed by atoms with van der Waals surface area (Å²) >= 11 is 0. The lowest BCUT2D eigenvalue weighted by atomic mass is 9.79. The highest BCUT2D eigenvalue weighted by molar-refractivity contribution is 6.19. The summed E-state index contributed by atoms with van der Waals surface area (Å²) in [5.41, 5.74) is 7.54. The molecule has 17 heteroatoms. The third-order valence-corrected chi connectivity index (χ3v) is 15.0. The summed E-state index contributed by atoms with van der Waals surface area (Å²) in [5.74, 6) is 0.617. The van der Waals surface area contributed by atoms with Crippen LogP contribution in [0.25, 0.3) is 10.8 Å². The largest absolute Gasteiger partial charge is 0.507 e. The summed E-state index contributed by atoms with van der Waals surface area (Å²) in [4.78, 5) is 55.5. The number of Topliss-reactive ketones (excluding diaryl/α,β-unsaturated/α-hetero) is 1. The molecule has 3 unspecified atom stereocenters. The Morgan fingerprint density at radius 1 is 1.01 bits per heavy atom. The van der Waals surface area contributed by atoms with E-state index >= 15 is 0 Å². The zero-order valence-electron chi connectivity index (χ0n) is 44.7. The first-order chi connectivity index (χ1) is 35.1. The molecule has 5 aliphatic rings. The van der Waals surface area contributed by atoms with E-state index in [1.807, 2.05) is 52.0 Å². The minimum Gasteiger partial charge on any atom is -0.507 e. The maximum absolute atomic E-state index is 15.0. The maximum Gasteiger partial charge on any atom is 0.327 e. The van der Waals surface area contributed by atoms with Gasteiger partial charge in [0.15, 0.2) is 11.4 Å². The van der Waals surface area contributed by atoms with Crippen molar-refractivity contribution < 1.29 is 48.7 Å². The van der Waals surface area contributed by atoms with Gasteiger partial charge in [-0.15, -0.1) is 0 Å². The van der Waals surface area contributed by atoms with Gasteiger partial charge in [-0.3, -0.25) is 24.4 Å².